The van der Waals surface area contributed by atoms with Gasteiger partial charge in [0.15, 0.2) is 0 Å². The number of fused-ring (bicyclic) bond motifs is 2. The minimum absolute atomic E-state index is 0. The smallest absolute Gasteiger partial charge is 1.00 e. The van der Waals surface area contributed by atoms with Crippen LogP contribution < -0.4 is 24.8 Å². The van der Waals surface area contributed by atoms with Gasteiger partial charge in [-0.15, -0.1) is 69.1 Å². The Bertz CT molecular complexity index is 2280. The van der Waals surface area contributed by atoms with Gasteiger partial charge in [0.2, 0.25) is 0 Å². The van der Waals surface area contributed by atoms with Crippen LogP contribution in [0.25, 0.3) is 66.3 Å². The van der Waals surface area contributed by atoms with Crippen molar-refractivity contribution in [1.29, 1.82) is 0 Å². The summed E-state index contributed by atoms with van der Waals surface area (Å²) < 4.78 is 0. The van der Waals surface area contributed by atoms with Crippen molar-refractivity contribution in [3.63, 3.8) is 0 Å². The number of hydrogen-bond donors (Lipinski definition) is 0. The van der Waals surface area contributed by atoms with Gasteiger partial charge in [-0.25, -0.2) is 0 Å². The number of nitrogens with zero attached hydrogens (tertiary/aromatic N) is 2. The van der Waals surface area contributed by atoms with E-state index in [1.165, 1.54) is 77.2 Å². The van der Waals surface area contributed by atoms with Gasteiger partial charge in [0.05, 0.1) is 0 Å². The molecule has 2 nitrogen and oxygen atoms in total. The number of benzene rings is 4. The molecule has 8 rings (SSSR count). The Kier molecular flexibility index (Phi) is 14.1. The second-order valence-corrected chi connectivity index (χ2v) is 16.2. The molecule has 0 saturated carbocycles. The van der Waals surface area contributed by atoms with Crippen LogP contribution in [0.15, 0.2) is 146 Å². The predicted molar refractivity (Wildman–Crippen MR) is 223 cm³/mol. The molecule has 0 N–H and O–H groups in total. The van der Waals surface area contributed by atoms with Gasteiger partial charge >= 0.3 is 26.2 Å². The van der Waals surface area contributed by atoms with Gasteiger partial charge in [-0.05, 0) is 58.1 Å². The van der Waals surface area contributed by atoms with Crippen molar-refractivity contribution in [2.75, 3.05) is 0 Å². The summed E-state index contributed by atoms with van der Waals surface area (Å²) in [5.74, 6) is 0. The molecular formula is C50H48Cl2N2Zr. The van der Waals surface area contributed by atoms with Crippen molar-refractivity contribution < 1.29 is 51.0 Å². The monoisotopic (exact) mass is 836 g/mol. The summed E-state index contributed by atoms with van der Waals surface area (Å²) in [6.07, 6.45) is 3.86. The molecule has 0 aliphatic rings. The maximum atomic E-state index is 4.58. The minimum atomic E-state index is 0. The zero-order valence-electron chi connectivity index (χ0n) is 33.0. The van der Waals surface area contributed by atoms with E-state index in [0.29, 0.717) is 0 Å². The van der Waals surface area contributed by atoms with Gasteiger partial charge in [-0.2, -0.15) is 0 Å². The van der Waals surface area contributed by atoms with Crippen LogP contribution in [0.2, 0.25) is 0 Å². The van der Waals surface area contributed by atoms with Gasteiger partial charge in [0.25, 0.3) is 0 Å². The second kappa shape index (κ2) is 17.8. The van der Waals surface area contributed by atoms with Gasteiger partial charge in [0.1, 0.15) is 0 Å². The number of halogens is 2. The molecule has 0 saturated heterocycles. The molecule has 2 heterocycles. The summed E-state index contributed by atoms with van der Waals surface area (Å²) in [6, 6.07) is 48.5. The predicted octanol–water partition coefficient (Wildman–Crippen LogP) is 7.79. The fourth-order valence-corrected chi connectivity index (χ4v) is 6.85. The van der Waals surface area contributed by atoms with Crippen molar-refractivity contribution >= 4 is 21.5 Å². The van der Waals surface area contributed by atoms with Crippen LogP contribution >= 0.6 is 0 Å². The molecule has 0 radical (unpaired) electrons. The summed E-state index contributed by atoms with van der Waals surface area (Å²) in [7, 11) is 0. The number of rotatable bonds is 4. The fourth-order valence-electron chi connectivity index (χ4n) is 6.85. The van der Waals surface area contributed by atoms with Crippen molar-refractivity contribution in [1.82, 2.24) is 9.97 Å². The molecule has 2 aromatic heterocycles. The average Bonchev–Trinajstić information content (AvgIpc) is 3.77. The van der Waals surface area contributed by atoms with Crippen molar-refractivity contribution in [3.8, 4) is 44.8 Å². The normalized spacial score (nSPS) is 11.2. The van der Waals surface area contributed by atoms with E-state index in [1.807, 2.05) is 12.4 Å². The molecule has 6 aromatic carbocycles. The molecule has 0 amide bonds. The van der Waals surface area contributed by atoms with E-state index >= 15 is 0 Å². The Labute approximate surface area is 359 Å². The molecule has 8 aromatic rings. The Morgan fingerprint density at radius 3 is 1.13 bits per heavy atom. The van der Waals surface area contributed by atoms with Gasteiger partial charge < -0.3 is 24.8 Å². The molecule has 0 spiro atoms. The summed E-state index contributed by atoms with van der Waals surface area (Å²) in [5, 5.41) is 5.10. The van der Waals surface area contributed by atoms with Crippen LogP contribution in [0.5, 0.6) is 0 Å². The molecule has 0 aliphatic carbocycles. The van der Waals surface area contributed by atoms with Crippen LogP contribution in [0.1, 0.15) is 63.8 Å². The second-order valence-electron chi connectivity index (χ2n) is 16.2. The third-order valence-corrected chi connectivity index (χ3v) is 10.0. The first-order valence-corrected chi connectivity index (χ1v) is 18.3. The average molecular weight is 839 g/mol. The topological polar surface area (TPSA) is 25.8 Å². The van der Waals surface area contributed by atoms with E-state index in [4.69, 9.17) is 0 Å². The van der Waals surface area contributed by atoms with Crippen LogP contribution in [-0.4, -0.2) is 9.97 Å². The largest absolute Gasteiger partial charge is 4.00 e. The van der Waals surface area contributed by atoms with E-state index in [-0.39, 0.29) is 61.8 Å². The molecule has 0 bridgehead atoms. The fraction of sp³-hybridized carbons (Fsp3) is 0.200. The first kappa shape index (κ1) is 43.6. The third-order valence-electron chi connectivity index (χ3n) is 10.0. The minimum Gasteiger partial charge on any atom is -1.00 e. The summed E-state index contributed by atoms with van der Waals surface area (Å²) >= 11 is 0. The maximum Gasteiger partial charge on any atom is 4.00 e. The number of hydrogen-bond acceptors (Lipinski definition) is 2. The number of pyridine rings is 2. The number of aromatic nitrogens is 2. The van der Waals surface area contributed by atoms with Crippen molar-refractivity contribution in [2.45, 2.75) is 66.2 Å². The standard InChI is InChI=1S/2C25H24N.2ClH.Zr/c2*1-17-8-13-24(26-16-17)20-14-19-6-5-7-22(23(19)15-20)18-9-11-21(12-10-18)25(2,3)4;;;/h2*5-16H,1-4H3;2*1H;/q2*-1;;;+4/p-2. The Balaban J connectivity index is 0.000000232. The van der Waals surface area contributed by atoms with Crippen LogP contribution in [0.4, 0.5) is 0 Å². The Hall–Kier alpha value is -4.14. The molecule has 55 heavy (non-hydrogen) atoms. The molecule has 0 aliphatic heterocycles. The van der Waals surface area contributed by atoms with Crippen LogP contribution in [0.3, 0.4) is 0 Å². The Morgan fingerprint density at radius 1 is 0.455 bits per heavy atom. The molecular weight excluding hydrogens is 791 g/mol. The first-order chi connectivity index (χ1) is 24.8. The SMILES string of the molecule is Cc1ccc(-c2cc3c(-c4ccc(C(C)(C)C)cc4)cccc3[cH-]2)nc1.Cc1ccc(-c2cc3c(-c4ccc(C(C)(C)C)cc4)cccc3[cH-]2)nc1.[Cl-].[Cl-].[Zr+4]. The Morgan fingerprint density at radius 2 is 0.818 bits per heavy atom. The maximum absolute atomic E-state index is 4.58. The molecule has 5 heteroatoms. The molecule has 0 unspecified atom stereocenters. The van der Waals surface area contributed by atoms with Gasteiger partial charge in [-0.3, -0.25) is 9.97 Å². The van der Waals surface area contributed by atoms with E-state index < -0.39 is 0 Å². The summed E-state index contributed by atoms with van der Waals surface area (Å²) in [5.41, 5.74) is 14.9. The zero-order valence-corrected chi connectivity index (χ0v) is 37.0. The summed E-state index contributed by atoms with van der Waals surface area (Å²) in [4.78, 5) is 9.17. The summed E-state index contributed by atoms with van der Waals surface area (Å²) in [6.45, 7) is 17.6. The zero-order chi connectivity index (χ0) is 36.6. The van der Waals surface area contributed by atoms with Gasteiger partial charge in [-0.1, -0.05) is 150 Å². The van der Waals surface area contributed by atoms with E-state index in [0.717, 1.165) is 11.4 Å². The van der Waals surface area contributed by atoms with E-state index in [1.54, 1.807) is 0 Å². The van der Waals surface area contributed by atoms with Crippen molar-refractivity contribution in [2.24, 2.45) is 0 Å². The van der Waals surface area contributed by atoms with Crippen molar-refractivity contribution in [3.05, 3.63) is 168 Å². The van der Waals surface area contributed by atoms with Gasteiger partial charge in [0, 0.05) is 23.8 Å². The van der Waals surface area contributed by atoms with Crippen LogP contribution in [0, 0.1) is 13.8 Å². The first-order valence-electron chi connectivity index (χ1n) is 18.3. The molecule has 276 valence electrons. The molecule has 0 atom stereocenters. The third kappa shape index (κ3) is 9.82. The molecule has 0 fully saturated rings. The van der Waals surface area contributed by atoms with E-state index in [9.17, 15) is 0 Å². The van der Waals surface area contributed by atoms with E-state index in [2.05, 4.69) is 199 Å². The quantitative estimate of drug-likeness (QED) is 0.169. The van der Waals surface area contributed by atoms with Crippen LogP contribution in [-0.2, 0) is 37.0 Å². The number of aryl methyl sites for hydroxylation is 2.